The van der Waals surface area contributed by atoms with Crippen LogP contribution >= 0.6 is 7.92 Å². The molecule has 0 spiro atoms. The number of phenols is 1. The smallest absolute Gasteiger partial charge is 0.128 e. The molecule has 0 aliphatic heterocycles. The van der Waals surface area contributed by atoms with Gasteiger partial charge >= 0.3 is 0 Å². The molecule has 0 aromatic heterocycles. The van der Waals surface area contributed by atoms with Crippen molar-refractivity contribution in [2.24, 2.45) is 0 Å². The average molecular weight is 561 g/mol. The Labute approximate surface area is 247 Å². The van der Waals surface area contributed by atoms with Crippen LogP contribution in [0.15, 0.2) is 158 Å². The third-order valence-corrected chi connectivity index (χ3v) is 10.2. The maximum Gasteiger partial charge on any atom is 0.128 e. The van der Waals surface area contributed by atoms with Crippen LogP contribution in [0.5, 0.6) is 11.5 Å². The lowest BCUT2D eigenvalue weighted by Gasteiger charge is -2.25. The molecule has 0 unspecified atom stereocenters. The highest BCUT2D eigenvalue weighted by Gasteiger charge is 2.25. The van der Waals surface area contributed by atoms with E-state index in [-0.39, 0.29) is 12.4 Å². The van der Waals surface area contributed by atoms with Gasteiger partial charge in [0.1, 0.15) is 18.1 Å². The van der Waals surface area contributed by atoms with Gasteiger partial charge in [-0.15, -0.1) is 0 Å². The Hall–Kier alpha value is -4.91. The minimum atomic E-state index is -0.885. The van der Waals surface area contributed by atoms with Gasteiger partial charge in [0, 0.05) is 16.7 Å². The fourth-order valence-corrected chi connectivity index (χ4v) is 8.18. The van der Waals surface area contributed by atoms with Gasteiger partial charge in [-0.05, 0) is 57.5 Å². The molecule has 3 heteroatoms. The zero-order valence-electron chi connectivity index (χ0n) is 23.0. The van der Waals surface area contributed by atoms with Crippen molar-refractivity contribution in [2.75, 3.05) is 0 Å². The summed E-state index contributed by atoms with van der Waals surface area (Å²) in [5.74, 6) is 1.04. The van der Waals surface area contributed by atoms with Crippen LogP contribution in [0.25, 0.3) is 32.7 Å². The van der Waals surface area contributed by atoms with Gasteiger partial charge in [-0.25, -0.2) is 0 Å². The Kier molecular flexibility index (Phi) is 7.14. The van der Waals surface area contributed by atoms with E-state index in [9.17, 15) is 5.11 Å². The van der Waals surface area contributed by atoms with Crippen molar-refractivity contribution in [1.82, 2.24) is 0 Å². The highest BCUT2D eigenvalue weighted by Crippen LogP contribution is 2.45. The topological polar surface area (TPSA) is 29.5 Å². The molecule has 0 saturated carbocycles. The van der Waals surface area contributed by atoms with Crippen LogP contribution in [0.2, 0.25) is 0 Å². The summed E-state index contributed by atoms with van der Waals surface area (Å²) in [6.45, 7) is 0.268. The minimum absolute atomic E-state index is 0.238. The molecule has 7 aromatic rings. The largest absolute Gasteiger partial charge is 0.508 e. The van der Waals surface area contributed by atoms with Gasteiger partial charge in [-0.1, -0.05) is 146 Å². The van der Waals surface area contributed by atoms with Crippen LogP contribution in [-0.2, 0) is 6.61 Å². The molecule has 202 valence electrons. The summed E-state index contributed by atoms with van der Waals surface area (Å²) >= 11 is 0. The molecule has 1 N–H and O–H groups in total. The Morgan fingerprint density at radius 1 is 0.476 bits per heavy atom. The number of benzene rings is 7. The van der Waals surface area contributed by atoms with Gasteiger partial charge in [0.15, 0.2) is 0 Å². The molecule has 42 heavy (non-hydrogen) atoms. The number of aromatic hydroxyl groups is 1. The lowest BCUT2D eigenvalue weighted by Crippen LogP contribution is -2.22. The predicted molar refractivity (Wildman–Crippen MR) is 178 cm³/mol. The van der Waals surface area contributed by atoms with Gasteiger partial charge in [-0.2, -0.15) is 0 Å². The molecular formula is C39H29O2P. The SMILES string of the molecule is Oc1ccccc1COc1ccc2ccccc2c1-c1c(P(c2ccccc2)c2ccccc2)ccc2ccccc12. The number of fused-ring (bicyclic) bond motifs is 2. The molecule has 0 heterocycles. The average Bonchev–Trinajstić information content (AvgIpc) is 3.05. The van der Waals surface area contributed by atoms with Crippen LogP contribution in [0.4, 0.5) is 0 Å². The lowest BCUT2D eigenvalue weighted by atomic mass is 9.93. The zero-order valence-corrected chi connectivity index (χ0v) is 23.9. The second-order valence-corrected chi connectivity index (χ2v) is 12.4. The third kappa shape index (κ3) is 4.91. The molecule has 0 radical (unpaired) electrons. The monoisotopic (exact) mass is 560 g/mol. The Morgan fingerprint density at radius 3 is 1.64 bits per heavy atom. The normalized spacial score (nSPS) is 11.3. The highest BCUT2D eigenvalue weighted by atomic mass is 31.1. The van der Waals surface area contributed by atoms with Crippen LogP contribution in [0.1, 0.15) is 5.56 Å². The van der Waals surface area contributed by atoms with Crippen molar-refractivity contribution in [3.8, 4) is 22.6 Å². The van der Waals surface area contributed by atoms with E-state index in [0.29, 0.717) is 0 Å². The highest BCUT2D eigenvalue weighted by molar-refractivity contribution is 7.80. The minimum Gasteiger partial charge on any atom is -0.508 e. The predicted octanol–water partition coefficient (Wildman–Crippen LogP) is 8.70. The second-order valence-electron chi connectivity index (χ2n) is 10.3. The Balaban J connectivity index is 1.53. The zero-order chi connectivity index (χ0) is 28.3. The quantitative estimate of drug-likeness (QED) is 0.198. The number of rotatable bonds is 7. The van der Waals surface area contributed by atoms with E-state index >= 15 is 0 Å². The molecule has 0 aliphatic rings. The fraction of sp³-hybridized carbons (Fsp3) is 0.0256. The number of hydrogen-bond acceptors (Lipinski definition) is 2. The number of para-hydroxylation sites is 1. The van der Waals surface area contributed by atoms with Crippen LogP contribution in [0, 0.1) is 0 Å². The van der Waals surface area contributed by atoms with Crippen molar-refractivity contribution in [3.05, 3.63) is 163 Å². The van der Waals surface area contributed by atoms with E-state index in [1.165, 1.54) is 32.2 Å². The lowest BCUT2D eigenvalue weighted by molar-refractivity contribution is 0.301. The third-order valence-electron chi connectivity index (χ3n) is 7.69. The first kappa shape index (κ1) is 26.0. The standard InChI is InChI=1S/C39H29O2P/c40-35-22-12-9-15-30(35)27-41-36-25-23-28-13-7-10-20-33(28)38(36)39-34-21-11-8-14-29(34)24-26-37(39)42(31-16-3-1-4-17-31)32-18-5-2-6-19-32/h1-26,40H,27H2. The molecule has 0 atom stereocenters. The molecule has 0 fully saturated rings. The van der Waals surface area contributed by atoms with E-state index in [1.54, 1.807) is 6.07 Å². The van der Waals surface area contributed by atoms with Gasteiger partial charge in [-0.3, -0.25) is 0 Å². The van der Waals surface area contributed by atoms with E-state index < -0.39 is 7.92 Å². The van der Waals surface area contributed by atoms with Gasteiger partial charge in [0.2, 0.25) is 0 Å². The molecule has 0 aliphatic carbocycles. The summed E-state index contributed by atoms with van der Waals surface area (Å²) in [6.07, 6.45) is 0. The van der Waals surface area contributed by atoms with Crippen LogP contribution in [-0.4, -0.2) is 5.11 Å². The van der Waals surface area contributed by atoms with Crippen molar-refractivity contribution in [3.63, 3.8) is 0 Å². The summed E-state index contributed by atoms with van der Waals surface area (Å²) in [6, 6.07) is 55.0. The van der Waals surface area contributed by atoms with E-state index in [2.05, 4.69) is 133 Å². The summed E-state index contributed by atoms with van der Waals surface area (Å²) in [7, 11) is -0.885. The number of hydrogen-bond donors (Lipinski definition) is 1. The van der Waals surface area contributed by atoms with Crippen molar-refractivity contribution < 1.29 is 9.84 Å². The first-order valence-electron chi connectivity index (χ1n) is 14.1. The molecule has 0 bridgehead atoms. The van der Waals surface area contributed by atoms with Crippen LogP contribution in [0.3, 0.4) is 0 Å². The maximum absolute atomic E-state index is 10.5. The fourth-order valence-electron chi connectivity index (χ4n) is 5.71. The first-order chi connectivity index (χ1) is 20.8. The second kappa shape index (κ2) is 11.5. The Bertz CT molecular complexity index is 1960. The molecule has 7 rings (SSSR count). The molecule has 2 nitrogen and oxygen atoms in total. The number of phenolic OH excluding ortho intramolecular Hbond substituents is 1. The molecular weight excluding hydrogens is 531 g/mol. The van der Waals surface area contributed by atoms with Crippen LogP contribution < -0.4 is 20.7 Å². The first-order valence-corrected chi connectivity index (χ1v) is 15.5. The van der Waals surface area contributed by atoms with Gasteiger partial charge in [0.25, 0.3) is 0 Å². The summed E-state index contributed by atoms with van der Waals surface area (Å²) < 4.78 is 6.61. The molecule has 0 amide bonds. The van der Waals surface area contributed by atoms with E-state index in [0.717, 1.165) is 27.6 Å². The molecule has 7 aromatic carbocycles. The summed E-state index contributed by atoms with van der Waals surface area (Å²) in [5.41, 5.74) is 3.02. The van der Waals surface area contributed by atoms with E-state index in [1.807, 2.05) is 18.2 Å². The van der Waals surface area contributed by atoms with Crippen molar-refractivity contribution in [2.45, 2.75) is 6.61 Å². The van der Waals surface area contributed by atoms with Gasteiger partial charge < -0.3 is 9.84 Å². The maximum atomic E-state index is 10.5. The number of ether oxygens (including phenoxy) is 1. The summed E-state index contributed by atoms with van der Waals surface area (Å²) in [5, 5.41) is 19.0. The Morgan fingerprint density at radius 2 is 1.00 bits per heavy atom. The van der Waals surface area contributed by atoms with Crippen molar-refractivity contribution >= 4 is 45.4 Å². The summed E-state index contributed by atoms with van der Waals surface area (Å²) in [4.78, 5) is 0. The van der Waals surface area contributed by atoms with Gasteiger partial charge in [0.05, 0.1) is 0 Å². The molecule has 0 saturated heterocycles. The van der Waals surface area contributed by atoms with Crippen molar-refractivity contribution in [1.29, 1.82) is 0 Å². The van der Waals surface area contributed by atoms with E-state index in [4.69, 9.17) is 4.74 Å².